The smallest absolute Gasteiger partial charge is 0.208 e. The van der Waals surface area contributed by atoms with Crippen LogP contribution in [0.25, 0.3) is 71.6 Å². The topological polar surface area (TPSA) is 215 Å². The fraction of sp³-hybridized carbons (Fsp3) is 0.0638. The number of hydrogen-bond acceptors (Lipinski definition) is 11. The Morgan fingerprint density at radius 3 is 1.84 bits per heavy atom. The summed E-state index contributed by atoms with van der Waals surface area (Å²) in [5.41, 5.74) is 3.74. The van der Waals surface area contributed by atoms with E-state index in [1.54, 1.807) is 25.1 Å². The fourth-order valence-corrected chi connectivity index (χ4v) is 7.69. The van der Waals surface area contributed by atoms with Gasteiger partial charge >= 0.3 is 0 Å². The minimum atomic E-state index is -1.03. The summed E-state index contributed by atoms with van der Waals surface area (Å²) in [6.45, 7) is 8.01. The Kier molecular flexibility index (Phi) is 8.73. The molecular weight excluding hydrogens is 741 g/mol. The van der Waals surface area contributed by atoms with Crippen LogP contribution in [-0.2, 0) is 0 Å². The zero-order valence-electron chi connectivity index (χ0n) is 31.0. The van der Waals surface area contributed by atoms with Crippen LogP contribution >= 0.6 is 0 Å². The van der Waals surface area contributed by atoms with E-state index >= 15 is 0 Å². The minimum absolute atomic E-state index is 0.147. The highest BCUT2D eigenvalue weighted by Crippen LogP contribution is 2.55. The van der Waals surface area contributed by atoms with Gasteiger partial charge in [0.2, 0.25) is 17.2 Å². The number of phenolic OH excluding ortho intramolecular Hbond substituents is 5. The van der Waals surface area contributed by atoms with E-state index in [1.807, 2.05) is 79.7 Å². The van der Waals surface area contributed by atoms with Crippen LogP contribution in [0.3, 0.4) is 0 Å². The number of aromatic hydroxyl groups is 5. The van der Waals surface area contributed by atoms with E-state index in [-0.39, 0.29) is 23.1 Å². The highest BCUT2D eigenvalue weighted by Gasteiger charge is 2.26. The first-order valence-corrected chi connectivity index (χ1v) is 18.0. The lowest BCUT2D eigenvalue weighted by atomic mass is 9.85. The summed E-state index contributed by atoms with van der Waals surface area (Å²) in [4.78, 5) is 0. The number of aryl methyl sites for hydroxylation is 1. The van der Waals surface area contributed by atoms with Gasteiger partial charge in [0.05, 0.1) is 5.56 Å². The number of allylic oxidation sites excluding steroid dienone is 6. The van der Waals surface area contributed by atoms with Gasteiger partial charge in [-0.05, 0) is 92.7 Å². The Hall–Kier alpha value is -7.92. The van der Waals surface area contributed by atoms with Crippen LogP contribution in [0, 0.1) is 6.92 Å². The van der Waals surface area contributed by atoms with Crippen LogP contribution in [0.2, 0.25) is 0 Å². The largest absolute Gasteiger partial charge is 0.508 e. The van der Waals surface area contributed by atoms with Crippen LogP contribution in [0.5, 0.6) is 28.7 Å². The quantitative estimate of drug-likeness (QED) is 0.0252. The average molecular weight is 777 g/mol. The number of fused-ring (bicyclic) bond motifs is 4. The van der Waals surface area contributed by atoms with Crippen molar-refractivity contribution in [2.24, 2.45) is 0 Å². The lowest BCUT2D eigenvalue weighted by Crippen LogP contribution is -2.07. The first-order chi connectivity index (χ1) is 27.7. The molecule has 0 fully saturated rings. The monoisotopic (exact) mass is 776 g/mol. The van der Waals surface area contributed by atoms with Crippen molar-refractivity contribution in [1.82, 2.24) is 0 Å². The maximum Gasteiger partial charge on any atom is 0.208 e. The van der Waals surface area contributed by atoms with E-state index in [1.165, 1.54) is 0 Å². The Labute approximate surface area is 329 Å². The molecule has 7 aromatic rings. The van der Waals surface area contributed by atoms with Gasteiger partial charge < -0.3 is 55.5 Å². The summed E-state index contributed by atoms with van der Waals surface area (Å²) < 4.78 is 6.32. The Morgan fingerprint density at radius 2 is 1.24 bits per heavy atom. The predicted molar refractivity (Wildman–Crippen MR) is 224 cm³/mol. The van der Waals surface area contributed by atoms with Crippen molar-refractivity contribution in [1.29, 1.82) is 0 Å². The van der Waals surface area contributed by atoms with E-state index < -0.39 is 57.5 Å². The van der Waals surface area contributed by atoms with Crippen LogP contribution < -0.4 is 0 Å². The van der Waals surface area contributed by atoms with Gasteiger partial charge in [-0.25, -0.2) is 0 Å². The van der Waals surface area contributed by atoms with Gasteiger partial charge in [0.25, 0.3) is 0 Å². The molecule has 0 atom stereocenters. The minimum Gasteiger partial charge on any atom is -0.508 e. The number of benzene rings is 6. The van der Waals surface area contributed by atoms with Crippen molar-refractivity contribution in [3.8, 4) is 39.9 Å². The maximum absolute atomic E-state index is 11.4. The molecule has 0 radical (unpaired) electrons. The number of furan rings is 1. The standard InChI is InChI=1S/C47H36O11/c1-21(12-15-36-22(2)31-17-26-16-25(14-13-24(26)18-37(31)58-36)40-43(53)45(55)47(57)46(56)44(40)54)38-27-8-4-6-10-29(27)39(30-11-7-5-9-28(30)38)23(3)41(51)42(52)32-19-34(49)35(50)20-33(32)48/h4-18,20,48-57H,1,19H2,2-3H3/b15-12-,41-23-,42-32-. The van der Waals surface area contributed by atoms with Crippen LogP contribution in [0.15, 0.2) is 136 Å². The van der Waals surface area contributed by atoms with Crippen molar-refractivity contribution in [2.75, 3.05) is 0 Å². The van der Waals surface area contributed by atoms with E-state index in [0.29, 0.717) is 33.4 Å². The van der Waals surface area contributed by atoms with E-state index in [0.717, 1.165) is 49.5 Å². The lowest BCUT2D eigenvalue weighted by molar-refractivity contribution is 0.292. The summed E-state index contributed by atoms with van der Waals surface area (Å²) in [7, 11) is 0. The van der Waals surface area contributed by atoms with E-state index in [9.17, 15) is 51.1 Å². The first kappa shape index (κ1) is 37.0. The number of aliphatic hydroxyl groups is 5. The second kappa shape index (κ2) is 13.7. The van der Waals surface area contributed by atoms with Gasteiger partial charge in [-0.1, -0.05) is 73.3 Å². The summed E-state index contributed by atoms with van der Waals surface area (Å²) in [6, 6.07) is 23.9. The average Bonchev–Trinajstić information content (AvgIpc) is 3.53. The third-order valence-corrected chi connectivity index (χ3v) is 10.7. The van der Waals surface area contributed by atoms with Crippen molar-refractivity contribution >= 4 is 60.5 Å². The molecule has 0 aliphatic heterocycles. The number of hydrogen-bond donors (Lipinski definition) is 10. The molecule has 6 aromatic carbocycles. The Bertz CT molecular complexity index is 3030. The predicted octanol–water partition coefficient (Wildman–Crippen LogP) is 11.4. The summed E-state index contributed by atoms with van der Waals surface area (Å²) in [5.74, 6) is -6.57. The molecule has 1 aliphatic rings. The molecule has 11 heteroatoms. The van der Waals surface area contributed by atoms with Gasteiger partial charge in [0, 0.05) is 34.6 Å². The molecule has 0 amide bonds. The molecule has 0 saturated heterocycles. The lowest BCUT2D eigenvalue weighted by Gasteiger charge is -2.19. The van der Waals surface area contributed by atoms with Crippen LogP contribution in [-0.4, -0.2) is 51.1 Å². The van der Waals surface area contributed by atoms with Crippen LogP contribution in [0.1, 0.15) is 35.8 Å². The number of aliphatic hydroxyl groups excluding tert-OH is 5. The molecule has 0 spiro atoms. The summed E-state index contributed by atoms with van der Waals surface area (Å²) in [6.07, 6.45) is 4.20. The molecular formula is C47H36O11. The molecule has 10 N–H and O–H groups in total. The van der Waals surface area contributed by atoms with Crippen molar-refractivity contribution in [2.45, 2.75) is 20.3 Å². The second-order valence-electron chi connectivity index (χ2n) is 14.2. The molecule has 0 bridgehead atoms. The fourth-order valence-electron chi connectivity index (χ4n) is 7.69. The SMILES string of the molecule is C=C(/C=C\c1oc2cc3ccc(-c4c(O)c(O)c(O)c(O)c4O)cc3cc2c1C)c1c2ccccc2c(/C(C)=C(O)/C(O)=C2\CC(O)=C(O)C=C2O)c2ccccc12. The molecule has 8 rings (SSSR count). The first-order valence-electron chi connectivity index (χ1n) is 18.0. The number of phenols is 5. The summed E-state index contributed by atoms with van der Waals surface area (Å²) >= 11 is 0. The highest BCUT2D eigenvalue weighted by molar-refractivity contribution is 6.17. The Balaban J connectivity index is 1.20. The Morgan fingerprint density at radius 1 is 0.672 bits per heavy atom. The van der Waals surface area contributed by atoms with Crippen molar-refractivity contribution in [3.05, 3.63) is 154 Å². The normalized spacial score (nSPS) is 14.8. The van der Waals surface area contributed by atoms with Gasteiger partial charge in [0.15, 0.2) is 28.8 Å². The molecule has 0 unspecified atom stereocenters. The zero-order chi connectivity index (χ0) is 41.3. The van der Waals surface area contributed by atoms with Gasteiger partial charge in [-0.3, -0.25) is 0 Å². The van der Waals surface area contributed by atoms with Gasteiger partial charge in [-0.15, -0.1) is 0 Å². The molecule has 290 valence electrons. The molecule has 1 aliphatic carbocycles. The zero-order valence-corrected chi connectivity index (χ0v) is 31.0. The third-order valence-electron chi connectivity index (χ3n) is 10.7. The third kappa shape index (κ3) is 5.76. The number of rotatable bonds is 6. The molecule has 1 aromatic heterocycles. The molecule has 11 nitrogen and oxygen atoms in total. The maximum atomic E-state index is 11.4. The van der Waals surface area contributed by atoms with Crippen molar-refractivity contribution in [3.63, 3.8) is 0 Å². The van der Waals surface area contributed by atoms with Crippen LogP contribution in [0.4, 0.5) is 0 Å². The summed E-state index contributed by atoms with van der Waals surface area (Å²) in [5, 5.41) is 109. The molecule has 1 heterocycles. The van der Waals surface area contributed by atoms with Crippen molar-refractivity contribution < 1.29 is 55.5 Å². The molecule has 58 heavy (non-hydrogen) atoms. The van der Waals surface area contributed by atoms with E-state index in [2.05, 4.69) is 6.58 Å². The second-order valence-corrected chi connectivity index (χ2v) is 14.2. The molecule has 0 saturated carbocycles. The van der Waals surface area contributed by atoms with E-state index in [4.69, 9.17) is 4.42 Å². The highest BCUT2D eigenvalue weighted by atomic mass is 16.4. The van der Waals surface area contributed by atoms with Gasteiger partial charge in [-0.2, -0.15) is 0 Å². The van der Waals surface area contributed by atoms with Gasteiger partial charge in [0.1, 0.15) is 22.9 Å².